The maximum Gasteiger partial charge on any atom is 0.287 e. The van der Waals surface area contributed by atoms with Crippen LogP contribution in [0.25, 0.3) is 0 Å². The van der Waals surface area contributed by atoms with Crippen molar-refractivity contribution in [1.29, 1.82) is 0 Å². The molecule has 3 N–H and O–H groups in total. The number of Topliss-reactive ketones (excluding diaryl/α,β-unsaturated/α-hetero) is 1. The number of ketones is 1. The fraction of sp³-hybridized carbons (Fsp3) is 0.786. The van der Waals surface area contributed by atoms with Crippen LogP contribution in [0.1, 0.15) is 38.5 Å². The van der Waals surface area contributed by atoms with Crippen molar-refractivity contribution in [2.75, 3.05) is 13.6 Å². The number of primary amides is 1. The summed E-state index contributed by atoms with van der Waals surface area (Å²) in [5, 5.41) is 2.74. The molecule has 0 bridgehead atoms. The van der Waals surface area contributed by atoms with E-state index >= 15 is 0 Å². The number of rotatable bonds is 6. The predicted molar refractivity (Wildman–Crippen MR) is 73.7 cm³/mol. The Hall–Kier alpha value is -1.43. The molecule has 0 spiro atoms. The van der Waals surface area contributed by atoms with Gasteiger partial charge in [-0.3, -0.25) is 19.3 Å². The van der Waals surface area contributed by atoms with Gasteiger partial charge >= 0.3 is 0 Å². The van der Waals surface area contributed by atoms with E-state index < -0.39 is 17.7 Å². The fourth-order valence-corrected chi connectivity index (χ4v) is 2.97. The minimum atomic E-state index is -0.964. The monoisotopic (exact) mass is 281 g/mol. The number of nitrogens with zero attached hydrogens (tertiary/aromatic N) is 1. The molecule has 0 aromatic heterocycles. The highest BCUT2D eigenvalue weighted by atomic mass is 16.2. The first-order chi connectivity index (χ1) is 9.49. The first-order valence-electron chi connectivity index (χ1n) is 7.33. The van der Waals surface area contributed by atoms with E-state index in [1.807, 2.05) is 11.9 Å². The zero-order valence-corrected chi connectivity index (χ0v) is 11.9. The van der Waals surface area contributed by atoms with Crippen molar-refractivity contribution in [2.45, 2.75) is 50.6 Å². The zero-order chi connectivity index (χ0) is 14.7. The molecule has 0 aromatic carbocycles. The van der Waals surface area contributed by atoms with Gasteiger partial charge in [-0.15, -0.1) is 0 Å². The third kappa shape index (κ3) is 3.36. The van der Waals surface area contributed by atoms with Gasteiger partial charge in [-0.05, 0) is 38.8 Å². The van der Waals surface area contributed by atoms with Crippen molar-refractivity contribution in [1.82, 2.24) is 10.2 Å². The van der Waals surface area contributed by atoms with Crippen LogP contribution < -0.4 is 11.1 Å². The topological polar surface area (TPSA) is 92.5 Å². The molecule has 2 amide bonds. The van der Waals surface area contributed by atoms with E-state index in [2.05, 4.69) is 5.32 Å². The molecule has 1 aliphatic carbocycles. The van der Waals surface area contributed by atoms with Crippen molar-refractivity contribution < 1.29 is 14.4 Å². The minimum Gasteiger partial charge on any atom is -0.363 e. The van der Waals surface area contributed by atoms with Gasteiger partial charge in [0.05, 0.1) is 12.1 Å². The SMILES string of the molecule is CN1CCCC1C(=O)NC(CC1CCC1)C(=O)C(N)=O. The molecule has 2 fully saturated rings. The average Bonchev–Trinajstić information content (AvgIpc) is 2.77. The predicted octanol–water partition coefficient (Wildman–Crippen LogP) is -0.190. The summed E-state index contributed by atoms with van der Waals surface area (Å²) in [6.45, 7) is 0.884. The van der Waals surface area contributed by atoms with E-state index in [-0.39, 0.29) is 11.9 Å². The summed E-state index contributed by atoms with van der Waals surface area (Å²) < 4.78 is 0. The average molecular weight is 281 g/mol. The third-order valence-electron chi connectivity index (χ3n) is 4.49. The molecule has 1 saturated heterocycles. The lowest BCUT2D eigenvalue weighted by molar-refractivity contribution is -0.139. The highest BCUT2D eigenvalue weighted by Crippen LogP contribution is 2.30. The maximum atomic E-state index is 12.2. The van der Waals surface area contributed by atoms with E-state index in [1.54, 1.807) is 0 Å². The van der Waals surface area contributed by atoms with E-state index in [4.69, 9.17) is 5.73 Å². The van der Waals surface area contributed by atoms with Gasteiger partial charge in [0, 0.05) is 0 Å². The summed E-state index contributed by atoms with van der Waals surface area (Å²) in [5.74, 6) is -1.38. The van der Waals surface area contributed by atoms with E-state index in [9.17, 15) is 14.4 Å². The summed E-state index contributed by atoms with van der Waals surface area (Å²) in [4.78, 5) is 37.2. The van der Waals surface area contributed by atoms with Crippen LogP contribution in [0.3, 0.4) is 0 Å². The number of carbonyl (C=O) groups is 3. The normalized spacial score (nSPS) is 24.9. The number of hydrogen-bond donors (Lipinski definition) is 2. The third-order valence-corrected chi connectivity index (χ3v) is 4.49. The highest BCUT2D eigenvalue weighted by molar-refractivity contribution is 6.37. The second kappa shape index (κ2) is 6.35. The molecule has 1 aliphatic heterocycles. The number of likely N-dealkylation sites (tertiary alicyclic amines) is 1. The Morgan fingerprint density at radius 2 is 1.95 bits per heavy atom. The van der Waals surface area contributed by atoms with E-state index in [0.29, 0.717) is 12.3 Å². The lowest BCUT2D eigenvalue weighted by Crippen LogP contribution is -2.52. The van der Waals surface area contributed by atoms with Crippen LogP contribution in [0.2, 0.25) is 0 Å². The maximum absolute atomic E-state index is 12.2. The van der Waals surface area contributed by atoms with Gasteiger partial charge in [-0.1, -0.05) is 19.3 Å². The summed E-state index contributed by atoms with van der Waals surface area (Å²) in [5.41, 5.74) is 5.08. The van der Waals surface area contributed by atoms with E-state index in [0.717, 1.165) is 38.6 Å². The molecule has 1 heterocycles. The first-order valence-corrected chi connectivity index (χ1v) is 7.33. The smallest absolute Gasteiger partial charge is 0.287 e. The Kier molecular flexibility index (Phi) is 4.75. The number of likely N-dealkylation sites (N-methyl/N-ethyl adjacent to an activating group) is 1. The molecular formula is C14H23N3O3. The number of carbonyl (C=O) groups excluding carboxylic acids is 3. The second-order valence-corrected chi connectivity index (χ2v) is 5.96. The number of hydrogen-bond acceptors (Lipinski definition) is 4. The molecule has 2 rings (SSSR count). The summed E-state index contributed by atoms with van der Waals surface area (Å²) in [6.07, 6.45) is 5.57. The van der Waals surface area contributed by atoms with Crippen molar-refractivity contribution in [3.63, 3.8) is 0 Å². The molecule has 112 valence electrons. The zero-order valence-electron chi connectivity index (χ0n) is 11.9. The lowest BCUT2D eigenvalue weighted by atomic mass is 9.80. The van der Waals surface area contributed by atoms with Crippen molar-refractivity contribution >= 4 is 17.6 Å². The van der Waals surface area contributed by atoms with Crippen LogP contribution in [0.4, 0.5) is 0 Å². The van der Waals surface area contributed by atoms with Crippen LogP contribution >= 0.6 is 0 Å². The molecule has 6 heteroatoms. The largest absolute Gasteiger partial charge is 0.363 e. The van der Waals surface area contributed by atoms with Gasteiger partial charge in [0.2, 0.25) is 11.7 Å². The second-order valence-electron chi connectivity index (χ2n) is 5.96. The summed E-state index contributed by atoms with van der Waals surface area (Å²) >= 11 is 0. The van der Waals surface area contributed by atoms with Crippen molar-refractivity contribution in [2.24, 2.45) is 11.7 Å². The molecule has 0 radical (unpaired) electrons. The Balaban J connectivity index is 1.96. The number of nitrogens with one attached hydrogen (secondary N) is 1. The van der Waals surface area contributed by atoms with Gasteiger partial charge in [-0.25, -0.2) is 0 Å². The Morgan fingerprint density at radius 1 is 1.25 bits per heavy atom. The molecule has 6 nitrogen and oxygen atoms in total. The minimum absolute atomic E-state index is 0.163. The van der Waals surface area contributed by atoms with Gasteiger partial charge in [0.1, 0.15) is 0 Å². The number of amides is 2. The summed E-state index contributed by atoms with van der Waals surface area (Å²) in [7, 11) is 1.90. The number of nitrogens with two attached hydrogens (primary N) is 1. The Labute approximate surface area is 119 Å². The standard InChI is InChI=1S/C14H23N3O3/c1-17-7-3-6-11(17)14(20)16-10(12(18)13(15)19)8-9-4-2-5-9/h9-11H,2-8H2,1H3,(H2,15,19)(H,16,20). The fourth-order valence-electron chi connectivity index (χ4n) is 2.97. The van der Waals surface area contributed by atoms with Gasteiger partial charge < -0.3 is 11.1 Å². The van der Waals surface area contributed by atoms with Gasteiger partial charge in [-0.2, -0.15) is 0 Å². The summed E-state index contributed by atoms with van der Waals surface area (Å²) in [6, 6.07) is -0.945. The van der Waals surface area contributed by atoms with E-state index in [1.165, 1.54) is 0 Å². The molecule has 20 heavy (non-hydrogen) atoms. The molecule has 1 saturated carbocycles. The highest BCUT2D eigenvalue weighted by Gasteiger charge is 2.34. The van der Waals surface area contributed by atoms with Gasteiger partial charge in [0.15, 0.2) is 0 Å². The molecule has 0 aromatic rings. The Bertz CT molecular complexity index is 406. The van der Waals surface area contributed by atoms with Crippen molar-refractivity contribution in [3.8, 4) is 0 Å². The molecule has 2 aliphatic rings. The molecular weight excluding hydrogens is 258 g/mol. The first kappa shape index (κ1) is 15.0. The van der Waals surface area contributed by atoms with Crippen LogP contribution in [-0.2, 0) is 14.4 Å². The van der Waals surface area contributed by atoms with Crippen LogP contribution in [0, 0.1) is 5.92 Å². The molecule has 2 unspecified atom stereocenters. The van der Waals surface area contributed by atoms with Crippen LogP contribution in [0.5, 0.6) is 0 Å². The molecule has 2 atom stereocenters. The van der Waals surface area contributed by atoms with Crippen molar-refractivity contribution in [3.05, 3.63) is 0 Å². The van der Waals surface area contributed by atoms with Crippen LogP contribution in [-0.4, -0.2) is 48.2 Å². The Morgan fingerprint density at radius 3 is 2.40 bits per heavy atom. The van der Waals surface area contributed by atoms with Crippen LogP contribution in [0.15, 0.2) is 0 Å². The van der Waals surface area contributed by atoms with Gasteiger partial charge in [0.25, 0.3) is 5.91 Å². The lowest BCUT2D eigenvalue weighted by Gasteiger charge is -2.30. The quantitative estimate of drug-likeness (QED) is 0.660.